The Morgan fingerprint density at radius 3 is 1.70 bits per heavy atom. The molecule has 258 valence electrons. The summed E-state index contributed by atoms with van der Waals surface area (Å²) in [4.78, 5) is 26.9. The second-order valence-corrected chi connectivity index (χ2v) is 16.7. The topological polar surface area (TPSA) is 151 Å². The molecule has 2 amide bonds. The van der Waals surface area contributed by atoms with Gasteiger partial charge in [-0.25, -0.2) is 31.1 Å². The van der Waals surface area contributed by atoms with Crippen LogP contribution in [-0.4, -0.2) is 88.7 Å². The maximum absolute atomic E-state index is 13.7. The second-order valence-electron chi connectivity index (χ2n) is 13.0. The number of alkyl carbamates (subject to hydrolysis) is 1. The fourth-order valence-corrected chi connectivity index (χ4v) is 6.65. The van der Waals surface area contributed by atoms with Crippen molar-refractivity contribution in [1.29, 1.82) is 0 Å². The first kappa shape index (κ1) is 39.0. The predicted molar refractivity (Wildman–Crippen MR) is 178 cm³/mol. The maximum Gasteiger partial charge on any atom is 0.410 e. The van der Waals surface area contributed by atoms with Crippen LogP contribution in [0.2, 0.25) is 0 Å². The molecular formula is C32H50N4O8S2. The van der Waals surface area contributed by atoms with Crippen LogP contribution in [0.25, 0.3) is 0 Å². The van der Waals surface area contributed by atoms with Crippen molar-refractivity contribution in [2.45, 2.75) is 89.2 Å². The molecule has 0 spiro atoms. The average molecular weight is 683 g/mol. The van der Waals surface area contributed by atoms with E-state index in [4.69, 9.17) is 9.47 Å². The van der Waals surface area contributed by atoms with E-state index in [2.05, 4.69) is 10.0 Å². The van der Waals surface area contributed by atoms with Gasteiger partial charge in [-0.05, 0) is 92.5 Å². The summed E-state index contributed by atoms with van der Waals surface area (Å²) in [5, 5.41) is 2.64. The molecule has 0 bridgehead atoms. The van der Waals surface area contributed by atoms with Crippen molar-refractivity contribution in [3.05, 3.63) is 59.7 Å². The SMILES string of the molecule is Cc1ccc(S(=O)(=O)NCCCN(CCN(CCCNC(=O)OC(C)(C)C)S(=O)(=O)c2ccc(C)cc2)C(=O)OC(C)(C)C)cc1. The highest BCUT2D eigenvalue weighted by molar-refractivity contribution is 7.89. The molecular weight excluding hydrogens is 633 g/mol. The lowest BCUT2D eigenvalue weighted by atomic mass is 10.2. The van der Waals surface area contributed by atoms with Crippen molar-refractivity contribution < 1.29 is 35.9 Å². The summed E-state index contributed by atoms with van der Waals surface area (Å²) in [6.45, 7) is 14.5. The van der Waals surface area contributed by atoms with Crippen LogP contribution in [0.15, 0.2) is 58.3 Å². The quantitative estimate of drug-likeness (QED) is 0.254. The van der Waals surface area contributed by atoms with E-state index in [-0.39, 0.29) is 61.9 Å². The molecule has 0 aliphatic carbocycles. The number of carbonyl (C=O) groups excluding carboxylic acids is 2. The minimum atomic E-state index is -3.96. The number of sulfonamides is 2. The van der Waals surface area contributed by atoms with Crippen LogP contribution in [0.4, 0.5) is 9.59 Å². The number of aryl methyl sites for hydroxylation is 2. The van der Waals surface area contributed by atoms with Crippen molar-refractivity contribution in [3.63, 3.8) is 0 Å². The first-order chi connectivity index (χ1) is 21.2. The van der Waals surface area contributed by atoms with Gasteiger partial charge in [0.2, 0.25) is 20.0 Å². The standard InChI is InChI=1S/C32H50N4O8S2/c1-25-11-15-27(16-12-25)45(39,40)34-20-10-21-35(30(38)44-32(6,7)8)23-24-36(22-9-19-33-29(37)43-31(3,4)5)46(41,42)28-17-13-26(2)14-18-28/h11-18,34H,9-10,19-24H2,1-8H3,(H,33,37). The Bertz CT molecular complexity index is 1500. The molecule has 2 aromatic rings. The van der Waals surface area contributed by atoms with Crippen molar-refractivity contribution in [1.82, 2.24) is 19.2 Å². The Morgan fingerprint density at radius 2 is 1.17 bits per heavy atom. The molecule has 0 radical (unpaired) electrons. The lowest BCUT2D eigenvalue weighted by Crippen LogP contribution is -2.44. The second kappa shape index (κ2) is 16.6. The highest BCUT2D eigenvalue weighted by Gasteiger charge is 2.28. The monoisotopic (exact) mass is 682 g/mol. The Hall–Kier alpha value is -3.20. The third-order valence-corrected chi connectivity index (χ3v) is 9.80. The van der Waals surface area contributed by atoms with Crippen LogP contribution in [0.1, 0.15) is 65.5 Å². The fraction of sp³-hybridized carbons (Fsp3) is 0.562. The highest BCUT2D eigenvalue weighted by Crippen LogP contribution is 2.18. The molecule has 12 nitrogen and oxygen atoms in total. The lowest BCUT2D eigenvalue weighted by Gasteiger charge is -2.30. The number of hydrogen-bond donors (Lipinski definition) is 2. The summed E-state index contributed by atoms with van der Waals surface area (Å²) >= 11 is 0. The molecule has 0 unspecified atom stereocenters. The van der Waals surface area contributed by atoms with Crippen molar-refractivity contribution in [3.8, 4) is 0 Å². The van der Waals surface area contributed by atoms with Crippen LogP contribution >= 0.6 is 0 Å². The van der Waals surface area contributed by atoms with Crippen molar-refractivity contribution in [2.24, 2.45) is 0 Å². The van der Waals surface area contributed by atoms with E-state index >= 15 is 0 Å². The fourth-order valence-electron chi connectivity index (χ4n) is 4.10. The number of carbonyl (C=O) groups is 2. The zero-order valence-corrected chi connectivity index (χ0v) is 29.9. The summed E-state index contributed by atoms with van der Waals surface area (Å²) < 4.78 is 67.5. The molecule has 2 rings (SSSR count). The van der Waals surface area contributed by atoms with E-state index in [0.717, 1.165) is 11.1 Å². The summed E-state index contributed by atoms with van der Waals surface area (Å²) in [6, 6.07) is 12.9. The largest absolute Gasteiger partial charge is 0.444 e. The number of amides is 2. The van der Waals surface area contributed by atoms with Gasteiger partial charge in [0.15, 0.2) is 0 Å². The van der Waals surface area contributed by atoms with Gasteiger partial charge in [-0.1, -0.05) is 35.4 Å². The Kier molecular flexibility index (Phi) is 14.0. The molecule has 46 heavy (non-hydrogen) atoms. The molecule has 0 fully saturated rings. The number of rotatable bonds is 15. The summed E-state index contributed by atoms with van der Waals surface area (Å²) in [5.41, 5.74) is 0.366. The number of hydrogen-bond acceptors (Lipinski definition) is 8. The third-order valence-electron chi connectivity index (χ3n) is 6.41. The van der Waals surface area contributed by atoms with Crippen LogP contribution < -0.4 is 10.0 Å². The molecule has 2 aromatic carbocycles. The van der Waals surface area contributed by atoms with Crippen LogP contribution in [0.3, 0.4) is 0 Å². The molecule has 0 aromatic heterocycles. The van der Waals surface area contributed by atoms with Crippen molar-refractivity contribution in [2.75, 3.05) is 39.3 Å². The summed E-state index contributed by atoms with van der Waals surface area (Å²) in [5.74, 6) is 0. The van der Waals surface area contributed by atoms with Gasteiger partial charge in [0.1, 0.15) is 11.2 Å². The first-order valence-corrected chi connectivity index (χ1v) is 18.2. The van der Waals surface area contributed by atoms with Gasteiger partial charge < -0.3 is 19.7 Å². The van der Waals surface area contributed by atoms with E-state index < -0.39 is 43.4 Å². The molecule has 0 aliphatic rings. The summed E-state index contributed by atoms with van der Waals surface area (Å²) in [6.07, 6.45) is -0.699. The van der Waals surface area contributed by atoms with Crippen molar-refractivity contribution >= 4 is 32.2 Å². The van der Waals surface area contributed by atoms with Crippen LogP contribution in [-0.2, 0) is 29.5 Å². The van der Waals surface area contributed by atoms with Crippen LogP contribution in [0, 0.1) is 13.8 Å². The maximum atomic E-state index is 13.7. The molecule has 0 saturated carbocycles. The molecule has 2 N–H and O–H groups in total. The van der Waals surface area contributed by atoms with Gasteiger partial charge in [-0.2, -0.15) is 4.31 Å². The first-order valence-electron chi connectivity index (χ1n) is 15.3. The Labute approximate surface area is 274 Å². The molecule has 14 heteroatoms. The number of nitrogens with one attached hydrogen (secondary N) is 2. The number of ether oxygens (including phenoxy) is 2. The zero-order chi connectivity index (χ0) is 34.8. The summed E-state index contributed by atoms with van der Waals surface area (Å²) in [7, 11) is -7.71. The average Bonchev–Trinajstić information content (AvgIpc) is 2.92. The predicted octanol–water partition coefficient (Wildman–Crippen LogP) is 4.81. The van der Waals surface area contributed by atoms with E-state index in [1.807, 2.05) is 13.8 Å². The minimum absolute atomic E-state index is 0.00971. The number of nitrogens with zero attached hydrogens (tertiary/aromatic N) is 2. The molecule has 0 atom stereocenters. The van der Waals surface area contributed by atoms with Gasteiger partial charge in [0.25, 0.3) is 0 Å². The third kappa shape index (κ3) is 13.7. The Morgan fingerprint density at radius 1 is 0.674 bits per heavy atom. The Balaban J connectivity index is 2.16. The van der Waals surface area contributed by atoms with E-state index in [9.17, 15) is 26.4 Å². The minimum Gasteiger partial charge on any atom is -0.444 e. The van der Waals surface area contributed by atoms with Gasteiger partial charge in [0, 0.05) is 39.3 Å². The van der Waals surface area contributed by atoms with Gasteiger partial charge >= 0.3 is 12.2 Å². The lowest BCUT2D eigenvalue weighted by molar-refractivity contribution is 0.0240. The molecule has 0 heterocycles. The van der Waals surface area contributed by atoms with Gasteiger partial charge in [-0.3, -0.25) is 0 Å². The van der Waals surface area contributed by atoms with E-state index in [0.29, 0.717) is 0 Å². The normalized spacial score (nSPS) is 12.5. The van der Waals surface area contributed by atoms with E-state index in [1.165, 1.54) is 33.5 Å². The van der Waals surface area contributed by atoms with Gasteiger partial charge in [0.05, 0.1) is 9.79 Å². The smallest absolute Gasteiger partial charge is 0.410 e. The highest BCUT2D eigenvalue weighted by atomic mass is 32.2. The molecule has 0 aliphatic heterocycles. The zero-order valence-electron chi connectivity index (χ0n) is 28.3. The van der Waals surface area contributed by atoms with Crippen LogP contribution in [0.5, 0.6) is 0 Å². The van der Waals surface area contributed by atoms with E-state index in [1.54, 1.807) is 65.8 Å². The molecule has 0 saturated heterocycles. The number of benzene rings is 2. The van der Waals surface area contributed by atoms with Gasteiger partial charge in [-0.15, -0.1) is 0 Å².